The van der Waals surface area contributed by atoms with Crippen LogP contribution in [0.1, 0.15) is 0 Å². The van der Waals surface area contributed by atoms with Crippen molar-refractivity contribution in [3.8, 4) is 5.75 Å². The molecule has 0 saturated carbocycles. The minimum absolute atomic E-state index is 0.102. The molecule has 0 fully saturated rings. The maximum Gasteiger partial charge on any atom is 0.298 e. The first-order chi connectivity index (χ1) is 5.95. The van der Waals surface area contributed by atoms with Crippen molar-refractivity contribution in [1.82, 2.24) is 0 Å². The average Bonchev–Trinajstić information content (AvgIpc) is 2.01. The van der Waals surface area contributed by atoms with Crippen molar-refractivity contribution in [1.29, 1.82) is 5.53 Å². The predicted octanol–water partition coefficient (Wildman–Crippen LogP) is 1.30. The van der Waals surface area contributed by atoms with E-state index in [9.17, 15) is 8.42 Å². The summed E-state index contributed by atoms with van der Waals surface area (Å²) in [5, 5.41) is 12.0. The Morgan fingerprint density at radius 2 is 2.00 bits per heavy atom. The molecule has 3 N–H and O–H groups in total. The molecule has 1 aromatic carbocycles. The first-order valence-corrected chi connectivity index (χ1v) is 4.57. The molecule has 1 rings (SSSR count). The molecule has 1 aromatic rings. The number of phenolic OH excluding ortho intramolecular Hbond substituents is 1. The maximum absolute atomic E-state index is 10.6. The molecule has 13 heavy (non-hydrogen) atoms. The van der Waals surface area contributed by atoms with E-state index in [-0.39, 0.29) is 5.69 Å². The number of nitrogens with one attached hydrogen (secondary N) is 1. The van der Waals surface area contributed by atoms with Crippen LogP contribution in [0.2, 0.25) is 0 Å². The third kappa shape index (κ3) is 2.01. The molecule has 0 aliphatic rings. The highest BCUT2D eigenvalue weighted by atomic mass is 32.2. The summed E-state index contributed by atoms with van der Waals surface area (Å²) in [6.45, 7) is 0. The fourth-order valence-corrected chi connectivity index (χ4v) is 1.36. The molecular weight excluding hydrogens is 196 g/mol. The fourth-order valence-electron chi connectivity index (χ4n) is 0.793. The molecule has 0 unspecified atom stereocenters. The highest BCUT2D eigenvalue weighted by Crippen LogP contribution is 2.26. The lowest BCUT2D eigenvalue weighted by Gasteiger charge is -2.00. The Kier molecular flexibility index (Phi) is 2.30. The van der Waals surface area contributed by atoms with Gasteiger partial charge in [0.25, 0.3) is 10.1 Å². The van der Waals surface area contributed by atoms with Gasteiger partial charge in [-0.1, -0.05) is 0 Å². The van der Waals surface area contributed by atoms with E-state index in [1.54, 1.807) is 0 Å². The number of nitrogens with zero attached hydrogens (tertiary/aromatic N) is 1. The van der Waals surface area contributed by atoms with E-state index in [0.717, 1.165) is 12.1 Å². The van der Waals surface area contributed by atoms with Crippen LogP contribution in [-0.2, 0) is 10.1 Å². The number of rotatable bonds is 2. The van der Waals surface area contributed by atoms with Gasteiger partial charge in [0.15, 0.2) is 0 Å². The third-order valence-corrected chi connectivity index (χ3v) is 2.25. The second-order valence-electron chi connectivity index (χ2n) is 2.24. The average molecular weight is 202 g/mol. The molecule has 7 heteroatoms. The van der Waals surface area contributed by atoms with E-state index in [1.165, 1.54) is 6.07 Å². The molecule has 0 spiro atoms. The maximum atomic E-state index is 10.6. The summed E-state index contributed by atoms with van der Waals surface area (Å²) >= 11 is 0. The third-order valence-electron chi connectivity index (χ3n) is 1.35. The van der Waals surface area contributed by atoms with Crippen molar-refractivity contribution in [2.45, 2.75) is 4.90 Å². The molecule has 0 radical (unpaired) electrons. The van der Waals surface area contributed by atoms with E-state index in [2.05, 4.69) is 5.11 Å². The van der Waals surface area contributed by atoms with E-state index in [0.29, 0.717) is 0 Å². The van der Waals surface area contributed by atoms with Gasteiger partial charge in [0.05, 0.1) is 5.69 Å². The lowest BCUT2D eigenvalue weighted by Crippen LogP contribution is -1.97. The second kappa shape index (κ2) is 3.11. The monoisotopic (exact) mass is 202 g/mol. The van der Waals surface area contributed by atoms with Gasteiger partial charge in [-0.15, -0.1) is 0 Å². The summed E-state index contributed by atoms with van der Waals surface area (Å²) in [4.78, 5) is -0.597. The molecular formula is C6H6N2O4S. The van der Waals surface area contributed by atoms with Gasteiger partial charge in [-0.2, -0.15) is 13.5 Å². The highest BCUT2D eigenvalue weighted by molar-refractivity contribution is 7.86. The minimum Gasteiger partial charge on any atom is -0.506 e. The van der Waals surface area contributed by atoms with E-state index in [1.807, 2.05) is 0 Å². The minimum atomic E-state index is -4.41. The zero-order valence-corrected chi connectivity index (χ0v) is 7.11. The number of hydrogen-bond donors (Lipinski definition) is 3. The molecule has 0 atom stereocenters. The predicted molar refractivity (Wildman–Crippen MR) is 42.7 cm³/mol. The number of hydrogen-bond acceptors (Lipinski definition) is 5. The largest absolute Gasteiger partial charge is 0.506 e. The zero-order valence-electron chi connectivity index (χ0n) is 6.30. The van der Waals surface area contributed by atoms with Crippen molar-refractivity contribution in [2.24, 2.45) is 5.11 Å². The molecule has 70 valence electrons. The topological polar surface area (TPSA) is 111 Å². The second-order valence-corrected chi connectivity index (χ2v) is 3.63. The van der Waals surface area contributed by atoms with Gasteiger partial charge in [-0.3, -0.25) is 4.55 Å². The van der Waals surface area contributed by atoms with Crippen LogP contribution in [0.4, 0.5) is 5.69 Å². The standard InChI is InChI=1S/C6H6N2O4S/c7-8-4-1-2-6(5(9)3-4)13(10,11)12/h1-3,7,9H,(H,10,11,12). The summed E-state index contributed by atoms with van der Waals surface area (Å²) in [5.74, 6) is -0.629. The van der Waals surface area contributed by atoms with Gasteiger partial charge in [0, 0.05) is 6.07 Å². The van der Waals surface area contributed by atoms with Crippen LogP contribution < -0.4 is 0 Å². The van der Waals surface area contributed by atoms with Crippen molar-refractivity contribution in [2.75, 3.05) is 0 Å². The van der Waals surface area contributed by atoms with Crippen LogP contribution in [0.5, 0.6) is 5.75 Å². The summed E-state index contributed by atoms with van der Waals surface area (Å²) in [7, 11) is -4.41. The molecule has 0 heterocycles. The van der Waals surface area contributed by atoms with Gasteiger partial charge >= 0.3 is 0 Å². The normalized spacial score (nSPS) is 11.2. The zero-order chi connectivity index (χ0) is 10.1. The Morgan fingerprint density at radius 3 is 2.38 bits per heavy atom. The fraction of sp³-hybridized carbons (Fsp3) is 0. The van der Waals surface area contributed by atoms with Crippen molar-refractivity contribution in [3.05, 3.63) is 18.2 Å². The first-order valence-electron chi connectivity index (χ1n) is 3.13. The SMILES string of the molecule is N=Nc1ccc(S(=O)(=O)O)c(O)c1. The Labute approximate surface area is 74.1 Å². The quantitative estimate of drug-likeness (QED) is 0.495. The van der Waals surface area contributed by atoms with Gasteiger partial charge < -0.3 is 5.11 Å². The van der Waals surface area contributed by atoms with Gasteiger partial charge in [-0.05, 0) is 12.1 Å². The molecule has 0 aliphatic heterocycles. The molecule has 6 nitrogen and oxygen atoms in total. The molecule has 0 saturated heterocycles. The van der Waals surface area contributed by atoms with Crippen molar-refractivity contribution in [3.63, 3.8) is 0 Å². The van der Waals surface area contributed by atoms with Crippen LogP contribution in [0, 0.1) is 5.53 Å². The molecule has 0 amide bonds. The van der Waals surface area contributed by atoms with Crippen LogP contribution in [0.15, 0.2) is 28.2 Å². The van der Waals surface area contributed by atoms with E-state index in [4.69, 9.17) is 15.2 Å². The highest BCUT2D eigenvalue weighted by Gasteiger charge is 2.14. The van der Waals surface area contributed by atoms with Crippen LogP contribution in [0.25, 0.3) is 0 Å². The molecule has 0 aromatic heterocycles. The molecule has 0 bridgehead atoms. The number of aromatic hydroxyl groups is 1. The smallest absolute Gasteiger partial charge is 0.298 e. The number of phenols is 1. The first kappa shape index (κ1) is 9.62. The summed E-state index contributed by atoms with van der Waals surface area (Å²) in [5.41, 5.74) is 6.67. The number of benzene rings is 1. The lowest BCUT2D eigenvalue weighted by atomic mass is 10.3. The molecule has 0 aliphatic carbocycles. The van der Waals surface area contributed by atoms with E-state index < -0.39 is 20.8 Å². The summed E-state index contributed by atoms with van der Waals surface area (Å²) < 4.78 is 29.7. The lowest BCUT2D eigenvalue weighted by molar-refractivity contribution is 0.443. The van der Waals surface area contributed by atoms with Crippen LogP contribution in [0.3, 0.4) is 0 Å². The van der Waals surface area contributed by atoms with E-state index >= 15 is 0 Å². The van der Waals surface area contributed by atoms with Gasteiger partial charge in [0.1, 0.15) is 10.6 Å². The van der Waals surface area contributed by atoms with Gasteiger partial charge in [0.2, 0.25) is 0 Å². The summed E-state index contributed by atoms with van der Waals surface area (Å²) in [6, 6.07) is 3.13. The Bertz CT molecular complexity index is 440. The Hall–Kier alpha value is -1.47. The summed E-state index contributed by atoms with van der Waals surface area (Å²) in [6.07, 6.45) is 0. The van der Waals surface area contributed by atoms with Crippen molar-refractivity contribution < 1.29 is 18.1 Å². The van der Waals surface area contributed by atoms with Crippen LogP contribution in [-0.4, -0.2) is 18.1 Å². The van der Waals surface area contributed by atoms with Crippen LogP contribution >= 0.6 is 0 Å². The van der Waals surface area contributed by atoms with Crippen molar-refractivity contribution >= 4 is 15.8 Å². The Balaban J connectivity index is 3.37. The Morgan fingerprint density at radius 1 is 1.38 bits per heavy atom. The van der Waals surface area contributed by atoms with Gasteiger partial charge in [-0.25, -0.2) is 5.53 Å².